The molecule has 0 saturated carbocycles. The van der Waals surface area contributed by atoms with Crippen LogP contribution in [0.5, 0.6) is 0 Å². The number of nitrogens with zero attached hydrogens (tertiary/aromatic N) is 1. The van der Waals surface area contributed by atoms with Crippen LogP contribution in [0, 0.1) is 6.92 Å². The zero-order valence-electron chi connectivity index (χ0n) is 8.32. The smallest absolute Gasteiger partial charge is 0.273 e. The van der Waals surface area contributed by atoms with E-state index in [-0.39, 0.29) is 5.91 Å². The molecule has 0 aliphatic heterocycles. The van der Waals surface area contributed by atoms with Crippen molar-refractivity contribution in [3.8, 4) is 0 Å². The number of nitrogens with one attached hydrogen (secondary N) is 2. The third-order valence-corrected chi connectivity index (χ3v) is 2.05. The van der Waals surface area contributed by atoms with Crippen molar-refractivity contribution in [2.75, 3.05) is 5.32 Å². The molecule has 0 fully saturated rings. The summed E-state index contributed by atoms with van der Waals surface area (Å²) in [4.78, 5) is 18.1. The first-order chi connectivity index (χ1) is 7.25. The first-order valence-electron chi connectivity index (χ1n) is 4.62. The Morgan fingerprint density at radius 2 is 2.07 bits per heavy atom. The molecular formula is C11H11N3O. The Kier molecular flexibility index (Phi) is 2.49. The van der Waals surface area contributed by atoms with Crippen LogP contribution < -0.4 is 5.32 Å². The van der Waals surface area contributed by atoms with E-state index in [1.54, 1.807) is 0 Å². The van der Waals surface area contributed by atoms with Gasteiger partial charge in [0.15, 0.2) is 0 Å². The lowest BCUT2D eigenvalue weighted by Gasteiger charge is -2.03. The van der Waals surface area contributed by atoms with Crippen molar-refractivity contribution >= 4 is 11.6 Å². The summed E-state index contributed by atoms with van der Waals surface area (Å²) in [5.41, 5.74) is 2.39. The topological polar surface area (TPSA) is 57.8 Å². The average molecular weight is 201 g/mol. The molecule has 1 heterocycles. The van der Waals surface area contributed by atoms with Crippen LogP contribution in [-0.4, -0.2) is 15.9 Å². The van der Waals surface area contributed by atoms with Crippen molar-refractivity contribution in [1.29, 1.82) is 0 Å². The van der Waals surface area contributed by atoms with Gasteiger partial charge in [-0.05, 0) is 19.1 Å². The van der Waals surface area contributed by atoms with Crippen LogP contribution in [0.1, 0.15) is 16.1 Å². The van der Waals surface area contributed by atoms with Gasteiger partial charge in [-0.25, -0.2) is 4.98 Å². The number of rotatable bonds is 2. The zero-order chi connectivity index (χ0) is 10.7. The van der Waals surface area contributed by atoms with Gasteiger partial charge in [-0.3, -0.25) is 4.79 Å². The number of H-pyrrole nitrogens is 1. The minimum atomic E-state index is -0.184. The summed E-state index contributed by atoms with van der Waals surface area (Å²) in [5, 5.41) is 2.76. The van der Waals surface area contributed by atoms with Gasteiger partial charge in [0.25, 0.3) is 5.91 Å². The Hall–Kier alpha value is -2.10. The first kappa shape index (κ1) is 9.45. The van der Waals surface area contributed by atoms with Crippen molar-refractivity contribution in [2.24, 2.45) is 0 Å². The van der Waals surface area contributed by atoms with Crippen LogP contribution in [0.25, 0.3) is 0 Å². The molecule has 1 amide bonds. The van der Waals surface area contributed by atoms with Gasteiger partial charge in [0.2, 0.25) is 0 Å². The maximum absolute atomic E-state index is 11.6. The highest BCUT2D eigenvalue weighted by atomic mass is 16.1. The van der Waals surface area contributed by atoms with Crippen LogP contribution in [0.15, 0.2) is 36.8 Å². The second-order valence-electron chi connectivity index (χ2n) is 3.29. The van der Waals surface area contributed by atoms with Crippen molar-refractivity contribution in [1.82, 2.24) is 9.97 Å². The number of hydrogen-bond acceptors (Lipinski definition) is 2. The minimum Gasteiger partial charge on any atom is -0.341 e. The summed E-state index contributed by atoms with van der Waals surface area (Å²) in [6.45, 7) is 2.00. The summed E-state index contributed by atoms with van der Waals surface area (Å²) in [6, 6.07) is 7.62. The van der Waals surface area contributed by atoms with Gasteiger partial charge in [-0.1, -0.05) is 17.7 Å². The molecule has 4 nitrogen and oxygen atoms in total. The SMILES string of the molecule is Cc1ccc(NC(=O)c2cnc[nH]2)cc1. The van der Waals surface area contributed by atoms with E-state index in [0.29, 0.717) is 5.69 Å². The molecule has 2 rings (SSSR count). The summed E-state index contributed by atoms with van der Waals surface area (Å²) < 4.78 is 0. The van der Waals surface area contributed by atoms with Crippen LogP contribution >= 0.6 is 0 Å². The number of imidazole rings is 1. The molecule has 1 aromatic heterocycles. The Balaban J connectivity index is 2.09. The van der Waals surface area contributed by atoms with Crippen molar-refractivity contribution < 1.29 is 4.79 Å². The fourth-order valence-corrected chi connectivity index (χ4v) is 1.22. The number of aromatic nitrogens is 2. The first-order valence-corrected chi connectivity index (χ1v) is 4.62. The van der Waals surface area contributed by atoms with E-state index in [9.17, 15) is 4.79 Å². The van der Waals surface area contributed by atoms with E-state index in [4.69, 9.17) is 0 Å². The predicted molar refractivity (Wildman–Crippen MR) is 57.7 cm³/mol. The predicted octanol–water partition coefficient (Wildman–Crippen LogP) is 1.97. The molecule has 1 aromatic carbocycles. The summed E-state index contributed by atoms with van der Waals surface area (Å²) in [6.07, 6.45) is 2.97. The Labute approximate surface area is 87.4 Å². The van der Waals surface area contributed by atoms with Crippen LogP contribution in [-0.2, 0) is 0 Å². The number of carbonyl (C=O) groups is 1. The molecule has 4 heteroatoms. The highest BCUT2D eigenvalue weighted by molar-refractivity contribution is 6.02. The number of aryl methyl sites for hydroxylation is 1. The van der Waals surface area contributed by atoms with Gasteiger partial charge in [-0.2, -0.15) is 0 Å². The van der Waals surface area contributed by atoms with Gasteiger partial charge >= 0.3 is 0 Å². The minimum absolute atomic E-state index is 0.184. The molecule has 0 aliphatic carbocycles. The molecule has 76 valence electrons. The third-order valence-electron chi connectivity index (χ3n) is 2.05. The Bertz CT molecular complexity index is 445. The average Bonchev–Trinajstić information content (AvgIpc) is 2.74. The van der Waals surface area contributed by atoms with E-state index < -0.39 is 0 Å². The lowest BCUT2D eigenvalue weighted by Crippen LogP contribution is -2.11. The summed E-state index contributed by atoms with van der Waals surface area (Å²) in [5.74, 6) is -0.184. The number of aromatic amines is 1. The quantitative estimate of drug-likeness (QED) is 0.780. The lowest BCUT2D eigenvalue weighted by atomic mass is 10.2. The molecule has 0 saturated heterocycles. The van der Waals surface area contributed by atoms with Crippen molar-refractivity contribution in [2.45, 2.75) is 6.92 Å². The number of benzene rings is 1. The molecule has 15 heavy (non-hydrogen) atoms. The van der Waals surface area contributed by atoms with E-state index in [1.807, 2.05) is 31.2 Å². The van der Waals surface area contributed by atoms with Gasteiger partial charge in [-0.15, -0.1) is 0 Å². The molecule has 0 spiro atoms. The highest BCUT2D eigenvalue weighted by Crippen LogP contribution is 2.09. The second kappa shape index (κ2) is 3.96. The van der Waals surface area contributed by atoms with Crippen LogP contribution in [0.3, 0.4) is 0 Å². The molecule has 0 aliphatic rings. The normalized spacial score (nSPS) is 9.93. The van der Waals surface area contributed by atoms with Crippen molar-refractivity contribution in [3.63, 3.8) is 0 Å². The Morgan fingerprint density at radius 1 is 1.33 bits per heavy atom. The maximum atomic E-state index is 11.6. The second-order valence-corrected chi connectivity index (χ2v) is 3.29. The third kappa shape index (κ3) is 2.22. The molecule has 0 unspecified atom stereocenters. The standard InChI is InChI=1S/C11H11N3O/c1-8-2-4-9(5-3-8)14-11(15)10-6-12-7-13-10/h2-7H,1H3,(H,12,13)(H,14,15). The zero-order valence-corrected chi connectivity index (χ0v) is 8.32. The molecular weight excluding hydrogens is 190 g/mol. The number of hydrogen-bond donors (Lipinski definition) is 2. The van der Waals surface area contributed by atoms with E-state index in [1.165, 1.54) is 12.5 Å². The van der Waals surface area contributed by atoms with Gasteiger partial charge < -0.3 is 10.3 Å². The van der Waals surface area contributed by atoms with Gasteiger partial charge in [0.1, 0.15) is 5.69 Å². The van der Waals surface area contributed by atoms with E-state index in [2.05, 4.69) is 15.3 Å². The van der Waals surface area contributed by atoms with Gasteiger partial charge in [0, 0.05) is 5.69 Å². The molecule has 2 aromatic rings. The fourth-order valence-electron chi connectivity index (χ4n) is 1.22. The van der Waals surface area contributed by atoms with E-state index >= 15 is 0 Å². The largest absolute Gasteiger partial charge is 0.341 e. The fraction of sp³-hybridized carbons (Fsp3) is 0.0909. The van der Waals surface area contributed by atoms with Crippen LogP contribution in [0.2, 0.25) is 0 Å². The van der Waals surface area contributed by atoms with Gasteiger partial charge in [0.05, 0.1) is 12.5 Å². The monoisotopic (exact) mass is 201 g/mol. The number of amides is 1. The Morgan fingerprint density at radius 3 is 2.67 bits per heavy atom. The lowest BCUT2D eigenvalue weighted by molar-refractivity contribution is 0.102. The maximum Gasteiger partial charge on any atom is 0.273 e. The van der Waals surface area contributed by atoms with Crippen LogP contribution in [0.4, 0.5) is 5.69 Å². The number of carbonyl (C=O) groups excluding carboxylic acids is 1. The molecule has 0 bridgehead atoms. The molecule has 0 atom stereocenters. The highest BCUT2D eigenvalue weighted by Gasteiger charge is 2.06. The summed E-state index contributed by atoms with van der Waals surface area (Å²) >= 11 is 0. The van der Waals surface area contributed by atoms with E-state index in [0.717, 1.165) is 11.3 Å². The summed E-state index contributed by atoms with van der Waals surface area (Å²) in [7, 11) is 0. The molecule has 2 N–H and O–H groups in total. The number of anilines is 1. The molecule has 0 radical (unpaired) electrons. The van der Waals surface area contributed by atoms with Crippen molar-refractivity contribution in [3.05, 3.63) is 48.0 Å².